The average Bonchev–Trinajstić information content (AvgIpc) is 2.46. The normalized spacial score (nSPS) is 20.2. The smallest absolute Gasteiger partial charge is 0.0326 e. The van der Waals surface area contributed by atoms with E-state index < -0.39 is 0 Å². The van der Waals surface area contributed by atoms with Gasteiger partial charge in [0, 0.05) is 0 Å². The molecule has 0 nitrogen and oxygen atoms in total. The number of unbranched alkanes of at least 4 members (excludes halogenated alkanes) is 2. The SMILES string of the molecule is CCCCCC(C)(C)C1CCCCCC1. The average molecular weight is 210 g/mol. The number of hydrogen-bond donors (Lipinski definition) is 0. The molecule has 0 atom stereocenters. The van der Waals surface area contributed by atoms with Crippen LogP contribution in [-0.4, -0.2) is 0 Å². The second-order valence-electron chi connectivity index (χ2n) is 6.13. The van der Waals surface area contributed by atoms with E-state index >= 15 is 0 Å². The summed E-state index contributed by atoms with van der Waals surface area (Å²) in [5.74, 6) is 1.01. The maximum absolute atomic E-state index is 2.51. The Balaban J connectivity index is 2.35. The van der Waals surface area contributed by atoms with E-state index in [0.29, 0.717) is 5.41 Å². The molecule has 1 aliphatic rings. The third-order valence-corrected chi connectivity index (χ3v) is 4.39. The van der Waals surface area contributed by atoms with Gasteiger partial charge in [0.15, 0.2) is 0 Å². The summed E-state index contributed by atoms with van der Waals surface area (Å²) in [6, 6.07) is 0. The maximum Gasteiger partial charge on any atom is -0.0326 e. The van der Waals surface area contributed by atoms with Crippen molar-refractivity contribution in [2.45, 2.75) is 85.0 Å². The van der Waals surface area contributed by atoms with Crippen LogP contribution in [0.25, 0.3) is 0 Å². The van der Waals surface area contributed by atoms with E-state index in [1.807, 2.05) is 0 Å². The molecular formula is C15H30. The molecule has 0 radical (unpaired) electrons. The van der Waals surface area contributed by atoms with Gasteiger partial charge >= 0.3 is 0 Å². The van der Waals surface area contributed by atoms with Gasteiger partial charge in [0.05, 0.1) is 0 Å². The molecular weight excluding hydrogens is 180 g/mol. The van der Waals surface area contributed by atoms with Crippen LogP contribution in [-0.2, 0) is 0 Å². The Hall–Kier alpha value is 0. The lowest BCUT2D eigenvalue weighted by molar-refractivity contribution is 0.169. The van der Waals surface area contributed by atoms with E-state index in [1.54, 1.807) is 0 Å². The summed E-state index contributed by atoms with van der Waals surface area (Å²) in [6.07, 6.45) is 14.6. The van der Waals surface area contributed by atoms with Crippen molar-refractivity contribution in [2.75, 3.05) is 0 Å². The Bertz CT molecular complexity index is 149. The molecule has 90 valence electrons. The van der Waals surface area contributed by atoms with Crippen LogP contribution in [0.15, 0.2) is 0 Å². The van der Waals surface area contributed by atoms with Crippen LogP contribution in [0.1, 0.15) is 85.0 Å². The quantitative estimate of drug-likeness (QED) is 0.411. The van der Waals surface area contributed by atoms with E-state index in [4.69, 9.17) is 0 Å². The van der Waals surface area contributed by atoms with Gasteiger partial charge in [-0.25, -0.2) is 0 Å². The van der Waals surface area contributed by atoms with Gasteiger partial charge in [-0.1, -0.05) is 65.7 Å². The van der Waals surface area contributed by atoms with Gasteiger partial charge in [0.1, 0.15) is 0 Å². The Kier molecular flexibility index (Phi) is 5.71. The molecule has 0 amide bonds. The van der Waals surface area contributed by atoms with Gasteiger partial charge in [0.2, 0.25) is 0 Å². The highest BCUT2D eigenvalue weighted by Crippen LogP contribution is 2.40. The van der Waals surface area contributed by atoms with Crippen molar-refractivity contribution in [3.05, 3.63) is 0 Å². The van der Waals surface area contributed by atoms with Crippen molar-refractivity contribution in [2.24, 2.45) is 11.3 Å². The highest BCUT2D eigenvalue weighted by molar-refractivity contribution is 4.80. The molecule has 0 aromatic heterocycles. The van der Waals surface area contributed by atoms with E-state index in [1.165, 1.54) is 64.2 Å². The van der Waals surface area contributed by atoms with Crippen molar-refractivity contribution >= 4 is 0 Å². The van der Waals surface area contributed by atoms with Crippen molar-refractivity contribution in [1.82, 2.24) is 0 Å². The molecule has 1 rings (SSSR count). The first-order valence-corrected chi connectivity index (χ1v) is 7.17. The van der Waals surface area contributed by atoms with Crippen molar-refractivity contribution in [3.63, 3.8) is 0 Å². The molecule has 0 saturated heterocycles. The molecule has 1 saturated carbocycles. The van der Waals surface area contributed by atoms with Crippen LogP contribution in [0.2, 0.25) is 0 Å². The van der Waals surface area contributed by atoms with Gasteiger partial charge in [-0.15, -0.1) is 0 Å². The molecule has 0 unspecified atom stereocenters. The van der Waals surface area contributed by atoms with Gasteiger partial charge in [-0.2, -0.15) is 0 Å². The first-order valence-electron chi connectivity index (χ1n) is 7.17. The number of rotatable bonds is 5. The summed E-state index contributed by atoms with van der Waals surface area (Å²) in [4.78, 5) is 0. The van der Waals surface area contributed by atoms with Crippen LogP contribution >= 0.6 is 0 Å². The molecule has 0 N–H and O–H groups in total. The zero-order chi connectivity index (χ0) is 11.1. The lowest BCUT2D eigenvalue weighted by atomic mass is 9.72. The van der Waals surface area contributed by atoms with Crippen LogP contribution in [0.3, 0.4) is 0 Å². The van der Waals surface area contributed by atoms with E-state index in [9.17, 15) is 0 Å². The van der Waals surface area contributed by atoms with Crippen molar-refractivity contribution < 1.29 is 0 Å². The Labute approximate surface area is 96.8 Å². The summed E-state index contributed by atoms with van der Waals surface area (Å²) in [6.45, 7) is 7.33. The topological polar surface area (TPSA) is 0 Å². The second kappa shape index (κ2) is 6.55. The molecule has 1 aliphatic carbocycles. The zero-order valence-electron chi connectivity index (χ0n) is 11.1. The molecule has 15 heavy (non-hydrogen) atoms. The summed E-state index contributed by atoms with van der Waals surface area (Å²) in [7, 11) is 0. The van der Waals surface area contributed by atoms with Crippen LogP contribution in [0, 0.1) is 11.3 Å². The minimum Gasteiger partial charge on any atom is -0.0654 e. The first kappa shape index (κ1) is 13.1. The lowest BCUT2D eigenvalue weighted by Crippen LogP contribution is -2.23. The van der Waals surface area contributed by atoms with Crippen LogP contribution in [0.4, 0.5) is 0 Å². The minimum atomic E-state index is 0.611. The third-order valence-electron chi connectivity index (χ3n) is 4.39. The lowest BCUT2D eigenvalue weighted by Gasteiger charge is -2.34. The summed E-state index contributed by atoms with van der Waals surface area (Å²) in [5.41, 5.74) is 0.611. The van der Waals surface area contributed by atoms with Crippen molar-refractivity contribution in [3.8, 4) is 0 Å². The van der Waals surface area contributed by atoms with Gasteiger partial charge in [0.25, 0.3) is 0 Å². The highest BCUT2D eigenvalue weighted by Gasteiger charge is 2.28. The fourth-order valence-electron chi connectivity index (χ4n) is 3.10. The van der Waals surface area contributed by atoms with Crippen LogP contribution in [0.5, 0.6) is 0 Å². The van der Waals surface area contributed by atoms with E-state index in [-0.39, 0.29) is 0 Å². The predicted octanol–water partition coefficient (Wildman–Crippen LogP) is 5.56. The molecule has 0 aromatic rings. The Morgan fingerprint density at radius 3 is 2.07 bits per heavy atom. The van der Waals surface area contributed by atoms with Gasteiger partial charge in [-0.05, 0) is 30.6 Å². The standard InChI is InChI=1S/C15H30/c1-4-5-10-13-15(2,3)14-11-8-6-7-9-12-14/h14H,4-13H2,1-3H3. The fourth-order valence-corrected chi connectivity index (χ4v) is 3.10. The molecule has 1 fully saturated rings. The Morgan fingerprint density at radius 2 is 1.53 bits per heavy atom. The number of hydrogen-bond acceptors (Lipinski definition) is 0. The van der Waals surface area contributed by atoms with Gasteiger partial charge in [-0.3, -0.25) is 0 Å². The summed E-state index contributed by atoms with van der Waals surface area (Å²) in [5, 5.41) is 0. The zero-order valence-corrected chi connectivity index (χ0v) is 11.1. The predicted molar refractivity (Wildman–Crippen MR) is 69.1 cm³/mol. The summed E-state index contributed by atoms with van der Waals surface area (Å²) < 4.78 is 0. The van der Waals surface area contributed by atoms with Gasteiger partial charge < -0.3 is 0 Å². The largest absolute Gasteiger partial charge is 0.0654 e. The third kappa shape index (κ3) is 4.57. The van der Waals surface area contributed by atoms with E-state index in [0.717, 1.165) is 5.92 Å². The molecule has 0 spiro atoms. The molecule has 0 aliphatic heterocycles. The Morgan fingerprint density at radius 1 is 0.933 bits per heavy atom. The molecule has 0 bridgehead atoms. The molecule has 0 aromatic carbocycles. The molecule has 0 heterocycles. The van der Waals surface area contributed by atoms with E-state index in [2.05, 4.69) is 20.8 Å². The second-order valence-corrected chi connectivity index (χ2v) is 6.13. The fraction of sp³-hybridized carbons (Fsp3) is 1.00. The van der Waals surface area contributed by atoms with Crippen LogP contribution < -0.4 is 0 Å². The summed E-state index contributed by atoms with van der Waals surface area (Å²) >= 11 is 0. The minimum absolute atomic E-state index is 0.611. The van der Waals surface area contributed by atoms with Crippen molar-refractivity contribution in [1.29, 1.82) is 0 Å². The highest BCUT2D eigenvalue weighted by atomic mass is 14.3. The first-order chi connectivity index (χ1) is 7.17. The maximum atomic E-state index is 2.51. The molecule has 0 heteroatoms. The monoisotopic (exact) mass is 210 g/mol.